The van der Waals surface area contributed by atoms with Crippen LogP contribution in [0.25, 0.3) is 5.69 Å². The molecule has 1 aromatic carbocycles. The summed E-state index contributed by atoms with van der Waals surface area (Å²) >= 11 is 0. The molecule has 6 nitrogen and oxygen atoms in total. The summed E-state index contributed by atoms with van der Waals surface area (Å²) in [4.78, 5) is 10.9. The van der Waals surface area contributed by atoms with Gasteiger partial charge in [0.1, 0.15) is 11.4 Å². The average molecular weight is 219 g/mol. The molecule has 16 heavy (non-hydrogen) atoms. The van der Waals surface area contributed by atoms with Gasteiger partial charge in [-0.25, -0.2) is 9.48 Å². The zero-order valence-electron chi connectivity index (χ0n) is 8.49. The Morgan fingerprint density at radius 2 is 2.19 bits per heavy atom. The zero-order chi connectivity index (χ0) is 11.5. The zero-order valence-corrected chi connectivity index (χ0v) is 8.49. The second-order valence-electron chi connectivity index (χ2n) is 3.01. The molecule has 82 valence electrons. The molecule has 6 heteroatoms. The molecule has 1 N–H and O–H groups in total. The number of methoxy groups -OCH3 is 1. The van der Waals surface area contributed by atoms with Crippen LogP contribution in [0.4, 0.5) is 0 Å². The Morgan fingerprint density at radius 3 is 2.88 bits per heavy atom. The number of carboxylic acids is 1. The summed E-state index contributed by atoms with van der Waals surface area (Å²) in [5, 5.41) is 16.2. The van der Waals surface area contributed by atoms with Crippen molar-refractivity contribution in [1.29, 1.82) is 0 Å². The molecule has 0 spiro atoms. The third-order valence-corrected chi connectivity index (χ3v) is 2.08. The maximum absolute atomic E-state index is 10.9. The summed E-state index contributed by atoms with van der Waals surface area (Å²) in [5.74, 6) is -0.550. The first-order chi connectivity index (χ1) is 7.74. The van der Waals surface area contributed by atoms with Gasteiger partial charge in [0.05, 0.1) is 13.3 Å². The van der Waals surface area contributed by atoms with Crippen molar-refractivity contribution in [2.24, 2.45) is 0 Å². The van der Waals surface area contributed by atoms with Gasteiger partial charge < -0.3 is 9.84 Å². The maximum Gasteiger partial charge on any atom is 0.356 e. The third-order valence-electron chi connectivity index (χ3n) is 2.08. The Morgan fingerprint density at radius 1 is 1.44 bits per heavy atom. The molecular weight excluding hydrogens is 210 g/mol. The van der Waals surface area contributed by atoms with Gasteiger partial charge in [-0.3, -0.25) is 0 Å². The van der Waals surface area contributed by atoms with Crippen LogP contribution in [-0.2, 0) is 0 Å². The van der Waals surface area contributed by atoms with E-state index in [4.69, 9.17) is 9.84 Å². The van der Waals surface area contributed by atoms with Gasteiger partial charge >= 0.3 is 5.97 Å². The lowest BCUT2D eigenvalue weighted by atomic mass is 10.3. The topological polar surface area (TPSA) is 77.2 Å². The Hall–Kier alpha value is -2.37. The number of carbonyl (C=O) groups is 1. The lowest BCUT2D eigenvalue weighted by Crippen LogP contribution is -2.08. The summed E-state index contributed by atoms with van der Waals surface area (Å²) in [7, 11) is 1.51. The molecule has 0 aliphatic rings. The smallest absolute Gasteiger partial charge is 0.356 e. The fraction of sp³-hybridized carbons (Fsp3) is 0.100. The van der Waals surface area contributed by atoms with E-state index in [2.05, 4.69) is 10.3 Å². The van der Waals surface area contributed by atoms with Gasteiger partial charge in [0, 0.05) is 0 Å². The highest BCUT2D eigenvalue weighted by molar-refractivity contribution is 5.86. The molecule has 0 amide bonds. The highest BCUT2D eigenvalue weighted by Gasteiger charge is 2.15. The molecule has 1 aromatic heterocycles. The number of benzene rings is 1. The molecule has 0 saturated carbocycles. The molecule has 0 radical (unpaired) electrons. The number of hydrogen-bond acceptors (Lipinski definition) is 4. The van der Waals surface area contributed by atoms with Crippen molar-refractivity contribution in [2.75, 3.05) is 7.11 Å². The van der Waals surface area contributed by atoms with Crippen molar-refractivity contribution in [3.05, 3.63) is 36.2 Å². The summed E-state index contributed by atoms with van der Waals surface area (Å²) in [6.07, 6.45) is 1.19. The monoisotopic (exact) mass is 219 g/mol. The molecule has 0 fully saturated rings. The van der Waals surface area contributed by atoms with Crippen LogP contribution in [0.1, 0.15) is 10.5 Å². The van der Waals surface area contributed by atoms with E-state index in [1.807, 2.05) is 0 Å². The van der Waals surface area contributed by atoms with Crippen LogP contribution in [-0.4, -0.2) is 33.2 Å². The number of aromatic carboxylic acids is 1. The fourth-order valence-corrected chi connectivity index (χ4v) is 1.36. The van der Waals surface area contributed by atoms with Crippen LogP contribution in [0.5, 0.6) is 5.75 Å². The standard InChI is InChI=1S/C10H9N3O3/c1-16-9-5-3-2-4-7(9)13-8(10(14)15)6-11-12-13/h2-6H,1H3,(H,14,15). The Kier molecular flexibility index (Phi) is 2.55. The van der Waals surface area contributed by atoms with E-state index in [9.17, 15) is 4.79 Å². The number of nitrogens with zero attached hydrogens (tertiary/aromatic N) is 3. The van der Waals surface area contributed by atoms with E-state index < -0.39 is 5.97 Å². The molecule has 1 heterocycles. The molecule has 2 rings (SSSR count). The molecule has 0 aliphatic heterocycles. The van der Waals surface area contributed by atoms with Crippen molar-refractivity contribution in [3.63, 3.8) is 0 Å². The van der Waals surface area contributed by atoms with Gasteiger partial charge in [0.25, 0.3) is 0 Å². The van der Waals surface area contributed by atoms with Crippen LogP contribution >= 0.6 is 0 Å². The summed E-state index contributed by atoms with van der Waals surface area (Å²) in [5.41, 5.74) is 0.532. The van der Waals surface area contributed by atoms with Crippen LogP contribution in [0.15, 0.2) is 30.5 Å². The quantitative estimate of drug-likeness (QED) is 0.832. The summed E-state index contributed by atoms with van der Waals surface area (Å²) < 4.78 is 6.35. The number of para-hydroxylation sites is 2. The van der Waals surface area contributed by atoms with Crippen molar-refractivity contribution in [2.45, 2.75) is 0 Å². The van der Waals surface area contributed by atoms with Crippen molar-refractivity contribution in [1.82, 2.24) is 15.0 Å². The van der Waals surface area contributed by atoms with E-state index in [0.29, 0.717) is 11.4 Å². The Labute approximate surface area is 91.1 Å². The molecular formula is C10H9N3O3. The van der Waals surface area contributed by atoms with Gasteiger partial charge in [0.15, 0.2) is 5.69 Å². The third kappa shape index (κ3) is 1.60. The van der Waals surface area contributed by atoms with Crippen molar-refractivity contribution in [3.8, 4) is 11.4 Å². The van der Waals surface area contributed by atoms with Gasteiger partial charge in [0.2, 0.25) is 0 Å². The second kappa shape index (κ2) is 4.01. The highest BCUT2D eigenvalue weighted by atomic mass is 16.5. The lowest BCUT2D eigenvalue weighted by molar-refractivity contribution is 0.0687. The summed E-state index contributed by atoms with van der Waals surface area (Å²) in [6, 6.07) is 6.99. The molecule has 2 aromatic rings. The largest absolute Gasteiger partial charge is 0.494 e. The highest BCUT2D eigenvalue weighted by Crippen LogP contribution is 2.22. The predicted octanol–water partition coefficient (Wildman–Crippen LogP) is 0.974. The SMILES string of the molecule is COc1ccccc1-n1nncc1C(=O)O. The Bertz CT molecular complexity index is 522. The van der Waals surface area contributed by atoms with Crippen LogP contribution in [0.2, 0.25) is 0 Å². The minimum absolute atomic E-state index is 0.00972. The predicted molar refractivity (Wildman–Crippen MR) is 54.9 cm³/mol. The normalized spacial score (nSPS) is 10.1. The number of rotatable bonds is 3. The first-order valence-corrected chi connectivity index (χ1v) is 4.51. The number of ether oxygens (including phenoxy) is 1. The lowest BCUT2D eigenvalue weighted by Gasteiger charge is -2.08. The van der Waals surface area contributed by atoms with Crippen LogP contribution in [0.3, 0.4) is 0 Å². The fourth-order valence-electron chi connectivity index (χ4n) is 1.36. The maximum atomic E-state index is 10.9. The molecule has 0 atom stereocenters. The number of aromatic nitrogens is 3. The molecule has 0 bridgehead atoms. The molecule has 0 unspecified atom stereocenters. The van der Waals surface area contributed by atoms with Crippen molar-refractivity contribution < 1.29 is 14.6 Å². The average Bonchev–Trinajstić information content (AvgIpc) is 2.77. The van der Waals surface area contributed by atoms with E-state index in [-0.39, 0.29) is 5.69 Å². The van der Waals surface area contributed by atoms with E-state index in [1.54, 1.807) is 24.3 Å². The van der Waals surface area contributed by atoms with E-state index in [0.717, 1.165) is 0 Å². The first kappa shape index (κ1) is 10.2. The van der Waals surface area contributed by atoms with E-state index >= 15 is 0 Å². The number of carboxylic acid groups (broad SMARTS) is 1. The van der Waals surface area contributed by atoms with Crippen molar-refractivity contribution >= 4 is 5.97 Å². The summed E-state index contributed by atoms with van der Waals surface area (Å²) in [6.45, 7) is 0. The van der Waals surface area contributed by atoms with Gasteiger partial charge in [-0.1, -0.05) is 17.3 Å². The minimum atomic E-state index is -1.09. The van der Waals surface area contributed by atoms with Crippen LogP contribution < -0.4 is 4.74 Å². The van der Waals surface area contributed by atoms with Gasteiger partial charge in [-0.05, 0) is 12.1 Å². The van der Waals surface area contributed by atoms with E-state index in [1.165, 1.54) is 18.0 Å². The molecule has 0 aliphatic carbocycles. The second-order valence-corrected chi connectivity index (χ2v) is 3.01. The molecule has 0 saturated heterocycles. The number of hydrogen-bond donors (Lipinski definition) is 1. The van der Waals surface area contributed by atoms with Crippen LogP contribution in [0, 0.1) is 0 Å². The van der Waals surface area contributed by atoms with Gasteiger partial charge in [-0.15, -0.1) is 5.10 Å². The van der Waals surface area contributed by atoms with Gasteiger partial charge in [-0.2, -0.15) is 0 Å². The minimum Gasteiger partial charge on any atom is -0.494 e. The Balaban J connectivity index is 2.58. The first-order valence-electron chi connectivity index (χ1n) is 4.51.